The molecule has 6 nitrogen and oxygen atoms in total. The largest absolute Gasteiger partial charge is 0.453 e. The third-order valence-electron chi connectivity index (χ3n) is 7.22. The second-order valence-electron chi connectivity index (χ2n) is 9.68. The minimum absolute atomic E-state index is 0.0103. The van der Waals surface area contributed by atoms with Gasteiger partial charge in [0.25, 0.3) is 0 Å². The average molecular weight is 413 g/mol. The first-order valence-corrected chi connectivity index (χ1v) is 10.7. The maximum Gasteiger partial charge on any atom is 0.155 e. The minimum atomic E-state index is -0.0697. The van der Waals surface area contributed by atoms with Crippen molar-refractivity contribution < 1.29 is 14.2 Å². The van der Waals surface area contributed by atoms with Crippen LogP contribution in [0.4, 0.5) is 17.1 Å². The van der Waals surface area contributed by atoms with Crippen LogP contribution < -0.4 is 29.7 Å². The van der Waals surface area contributed by atoms with Gasteiger partial charge >= 0.3 is 0 Å². The smallest absolute Gasteiger partial charge is 0.155 e. The molecule has 0 radical (unpaired) electrons. The highest BCUT2D eigenvalue weighted by molar-refractivity contribution is 5.99. The molecule has 0 atom stereocenters. The van der Waals surface area contributed by atoms with Gasteiger partial charge in [-0.3, -0.25) is 15.5 Å². The molecule has 4 aliphatic heterocycles. The monoisotopic (exact) mass is 413 g/mol. The Kier molecular flexibility index (Phi) is 3.00. The van der Waals surface area contributed by atoms with Crippen LogP contribution in [0.1, 0.15) is 39.4 Å². The number of para-hydroxylation sites is 2. The van der Waals surface area contributed by atoms with Gasteiger partial charge in [0.05, 0.1) is 6.17 Å². The molecule has 0 aromatic heterocycles. The van der Waals surface area contributed by atoms with E-state index in [9.17, 15) is 0 Å². The van der Waals surface area contributed by atoms with Crippen molar-refractivity contribution in [1.29, 1.82) is 0 Å². The predicted octanol–water partition coefficient (Wildman–Crippen LogP) is 6.22. The topological polar surface area (TPSA) is 55.0 Å². The van der Waals surface area contributed by atoms with Crippen LogP contribution in [0.5, 0.6) is 34.5 Å². The number of nitrogens with zero attached hydrogens (tertiary/aromatic N) is 1. The van der Waals surface area contributed by atoms with E-state index in [4.69, 9.17) is 14.2 Å². The zero-order valence-corrected chi connectivity index (χ0v) is 17.9. The number of anilines is 3. The quantitative estimate of drug-likeness (QED) is 0.334. The summed E-state index contributed by atoms with van der Waals surface area (Å²) >= 11 is 0. The van der Waals surface area contributed by atoms with Gasteiger partial charge in [0.1, 0.15) is 17.1 Å². The van der Waals surface area contributed by atoms with Crippen molar-refractivity contribution in [2.75, 3.05) is 4.90 Å². The summed E-state index contributed by atoms with van der Waals surface area (Å²) in [4.78, 5) is 2.23. The Morgan fingerprint density at radius 3 is 1.48 bits per heavy atom. The zero-order chi connectivity index (χ0) is 21.1. The normalized spacial score (nSPS) is 20.5. The Morgan fingerprint density at radius 1 is 0.645 bits per heavy atom. The van der Waals surface area contributed by atoms with Gasteiger partial charge < -0.3 is 14.2 Å². The number of ether oxygens (including phenoxy) is 3. The van der Waals surface area contributed by atoms with Gasteiger partial charge in [-0.15, -0.1) is 0 Å². The van der Waals surface area contributed by atoms with E-state index in [1.807, 2.05) is 36.4 Å². The molecule has 6 heteroatoms. The number of benzene rings is 3. The van der Waals surface area contributed by atoms with Gasteiger partial charge in [-0.25, -0.2) is 0 Å². The van der Waals surface area contributed by atoms with Gasteiger partial charge in [-0.1, -0.05) is 12.1 Å². The lowest BCUT2D eigenvalue weighted by Gasteiger charge is -2.41. The van der Waals surface area contributed by atoms with Crippen LogP contribution >= 0.6 is 0 Å². The summed E-state index contributed by atoms with van der Waals surface area (Å²) in [6, 6.07) is 16.1. The average Bonchev–Trinajstić information content (AvgIpc) is 2.95. The van der Waals surface area contributed by atoms with Crippen molar-refractivity contribution in [2.45, 2.75) is 44.9 Å². The third kappa shape index (κ3) is 2.13. The maximum absolute atomic E-state index is 6.40. The molecule has 3 aromatic carbocycles. The summed E-state index contributed by atoms with van der Waals surface area (Å²) in [5.41, 5.74) is 3.71. The van der Waals surface area contributed by atoms with Crippen LogP contribution in [-0.2, 0) is 0 Å². The minimum Gasteiger partial charge on any atom is -0.453 e. The summed E-state index contributed by atoms with van der Waals surface area (Å²) < 4.78 is 19.0. The number of rotatable bonds is 1. The zero-order valence-electron chi connectivity index (χ0n) is 17.9. The van der Waals surface area contributed by atoms with Crippen molar-refractivity contribution in [2.24, 2.45) is 0 Å². The number of hydrogen-bond donors (Lipinski definition) is 2. The van der Waals surface area contributed by atoms with E-state index >= 15 is 0 Å². The van der Waals surface area contributed by atoms with Crippen LogP contribution in [0, 0.1) is 0 Å². The Balaban J connectivity index is 1.44. The Morgan fingerprint density at radius 2 is 1.03 bits per heavy atom. The SMILES string of the molecule is CC1(C)NC(c2cc3c4c(c2)Oc2cccc5c2N4c2c(cccc2O3)O5)NC1(C)C. The van der Waals surface area contributed by atoms with Gasteiger partial charge in [0.15, 0.2) is 34.5 Å². The molecule has 0 aliphatic carbocycles. The van der Waals surface area contributed by atoms with Gasteiger partial charge in [-0.2, -0.15) is 0 Å². The molecule has 3 aromatic rings. The van der Waals surface area contributed by atoms with E-state index < -0.39 is 0 Å². The molecular formula is C25H23N3O3. The van der Waals surface area contributed by atoms with Crippen molar-refractivity contribution in [3.8, 4) is 34.5 Å². The van der Waals surface area contributed by atoms with Crippen LogP contribution in [0.15, 0.2) is 48.5 Å². The maximum atomic E-state index is 6.40. The van der Waals surface area contributed by atoms with E-state index in [2.05, 4.69) is 55.4 Å². The molecule has 4 heterocycles. The molecule has 4 aliphatic rings. The molecular weight excluding hydrogens is 390 g/mol. The van der Waals surface area contributed by atoms with E-state index in [0.29, 0.717) is 0 Å². The van der Waals surface area contributed by atoms with Gasteiger partial charge in [0.2, 0.25) is 0 Å². The van der Waals surface area contributed by atoms with E-state index in [1.165, 1.54) is 0 Å². The van der Waals surface area contributed by atoms with Gasteiger partial charge in [0, 0.05) is 11.1 Å². The molecule has 0 bridgehead atoms. The van der Waals surface area contributed by atoms with E-state index in [1.54, 1.807) is 0 Å². The highest BCUT2D eigenvalue weighted by Gasteiger charge is 2.47. The molecule has 0 spiro atoms. The lowest BCUT2D eigenvalue weighted by atomic mass is 9.85. The Labute approximate surface area is 180 Å². The Bertz CT molecular complexity index is 1200. The van der Waals surface area contributed by atoms with Crippen LogP contribution in [0.2, 0.25) is 0 Å². The molecule has 156 valence electrons. The summed E-state index contributed by atoms with van der Waals surface area (Å²) in [6.45, 7) is 8.88. The first-order valence-electron chi connectivity index (χ1n) is 10.7. The second kappa shape index (κ2) is 5.33. The summed E-state index contributed by atoms with van der Waals surface area (Å²) in [6.07, 6.45) is -0.0103. The molecule has 31 heavy (non-hydrogen) atoms. The lowest BCUT2D eigenvalue weighted by Crippen LogP contribution is -2.51. The van der Waals surface area contributed by atoms with Crippen LogP contribution in [0.25, 0.3) is 0 Å². The highest BCUT2D eigenvalue weighted by atomic mass is 16.5. The first kappa shape index (κ1) is 17.5. The van der Waals surface area contributed by atoms with Gasteiger partial charge in [-0.05, 0) is 69.7 Å². The molecule has 0 amide bonds. The van der Waals surface area contributed by atoms with Crippen LogP contribution in [0.3, 0.4) is 0 Å². The summed E-state index contributed by atoms with van der Waals surface area (Å²) in [5.74, 6) is 4.70. The van der Waals surface area contributed by atoms with Crippen molar-refractivity contribution >= 4 is 17.1 Å². The predicted molar refractivity (Wildman–Crippen MR) is 119 cm³/mol. The number of hydrogen-bond acceptors (Lipinski definition) is 6. The van der Waals surface area contributed by atoms with E-state index in [0.717, 1.165) is 57.1 Å². The molecule has 1 fully saturated rings. The van der Waals surface area contributed by atoms with E-state index in [-0.39, 0.29) is 17.2 Å². The second-order valence-corrected chi connectivity index (χ2v) is 9.68. The fourth-order valence-electron chi connectivity index (χ4n) is 4.90. The molecule has 0 saturated carbocycles. The summed E-state index contributed by atoms with van der Waals surface area (Å²) in [5, 5.41) is 7.45. The molecule has 7 rings (SSSR count). The molecule has 2 N–H and O–H groups in total. The fraction of sp³-hybridized carbons (Fsp3) is 0.280. The van der Waals surface area contributed by atoms with Crippen molar-refractivity contribution in [3.05, 3.63) is 54.1 Å². The van der Waals surface area contributed by atoms with Crippen molar-refractivity contribution in [1.82, 2.24) is 10.6 Å². The highest BCUT2D eigenvalue weighted by Crippen LogP contribution is 2.66. The molecule has 0 unspecified atom stereocenters. The van der Waals surface area contributed by atoms with Crippen LogP contribution in [-0.4, -0.2) is 11.1 Å². The first-order chi connectivity index (χ1) is 14.8. The Hall–Kier alpha value is -3.22. The standard InChI is InChI=1S/C25H23N3O3/c1-24(2)25(3,4)27-23(26-24)13-11-18-22-19(12-13)31-17-10-6-8-15-21(17)28(22)20-14(29-15)7-5-9-16(20)30-18/h5-12,23,26-27H,1-4H3. The fourth-order valence-corrected chi connectivity index (χ4v) is 4.90. The summed E-state index contributed by atoms with van der Waals surface area (Å²) in [7, 11) is 0. The number of nitrogens with one attached hydrogen (secondary N) is 2. The van der Waals surface area contributed by atoms with Crippen molar-refractivity contribution in [3.63, 3.8) is 0 Å². The molecule has 1 saturated heterocycles. The lowest BCUT2D eigenvalue weighted by molar-refractivity contribution is 0.295. The third-order valence-corrected chi connectivity index (χ3v) is 7.22.